The van der Waals surface area contributed by atoms with Gasteiger partial charge in [-0.15, -0.1) is 0 Å². The smallest absolute Gasteiger partial charge is 0.147 e. The van der Waals surface area contributed by atoms with Gasteiger partial charge in [-0.1, -0.05) is 6.92 Å². The van der Waals surface area contributed by atoms with E-state index in [1.807, 2.05) is 29.0 Å². The molecule has 4 aromatic rings. The van der Waals surface area contributed by atoms with Gasteiger partial charge in [0.15, 0.2) is 0 Å². The molecule has 0 fully saturated rings. The topological polar surface area (TPSA) is 63.9 Å². The van der Waals surface area contributed by atoms with Crippen molar-refractivity contribution in [3.8, 4) is 17.1 Å². The quantitative estimate of drug-likeness (QED) is 0.298. The van der Waals surface area contributed by atoms with Gasteiger partial charge in [-0.3, -0.25) is 9.55 Å². The van der Waals surface area contributed by atoms with Crippen LogP contribution in [0.25, 0.3) is 28.1 Å². The molecule has 0 aliphatic rings. The summed E-state index contributed by atoms with van der Waals surface area (Å²) in [5.41, 5.74) is 3.34. The van der Waals surface area contributed by atoms with E-state index in [9.17, 15) is 9.18 Å². The lowest BCUT2D eigenvalue weighted by molar-refractivity contribution is -0.117. The van der Waals surface area contributed by atoms with Crippen LogP contribution in [0.2, 0.25) is 0 Å². The van der Waals surface area contributed by atoms with Crippen LogP contribution in [0, 0.1) is 5.82 Å². The number of carbonyl (C=O) groups excluding carboxylic acids is 1. The number of ketones is 1. The first-order chi connectivity index (χ1) is 16.1. The maximum atomic E-state index is 13.5. The number of anilines is 1. The summed E-state index contributed by atoms with van der Waals surface area (Å²) in [6.45, 7) is 5.56. The van der Waals surface area contributed by atoms with Crippen molar-refractivity contribution in [2.45, 2.75) is 39.5 Å². The number of hydrogen-bond acceptors (Lipinski definition) is 5. The summed E-state index contributed by atoms with van der Waals surface area (Å²) in [6, 6.07) is 12.3. The lowest BCUT2D eigenvalue weighted by Gasteiger charge is -2.23. The maximum absolute atomic E-state index is 13.5. The highest BCUT2D eigenvalue weighted by Gasteiger charge is 2.16. The number of carbonyl (C=O) groups is 1. The number of nitrogens with zero attached hydrogens (tertiary/aromatic N) is 5. The molecule has 0 spiro atoms. The van der Waals surface area contributed by atoms with Gasteiger partial charge in [-0.2, -0.15) is 0 Å². The zero-order valence-electron chi connectivity index (χ0n) is 19.0. The second-order valence-electron chi connectivity index (χ2n) is 8.16. The molecule has 0 saturated heterocycles. The van der Waals surface area contributed by atoms with Crippen LogP contribution >= 0.6 is 0 Å². The molecular formula is C26H28FN5O. The summed E-state index contributed by atoms with van der Waals surface area (Å²) in [5, 5.41) is 0. The van der Waals surface area contributed by atoms with Gasteiger partial charge in [0.2, 0.25) is 0 Å². The standard InChI is InChI=1S/C26H28FN5O/c1-3-15-31(16-5-4-6-19(2)33)25-12-7-20(17-29-25)26-30-23-13-14-28-18-24(23)32(26)22-10-8-21(27)9-11-22/h7-14,17-18H,3-6,15-16H2,1-2H3. The number of fused-ring (bicyclic) bond motifs is 1. The molecule has 0 atom stereocenters. The molecule has 0 N–H and O–H groups in total. The second-order valence-corrected chi connectivity index (χ2v) is 8.16. The average Bonchev–Trinajstić information content (AvgIpc) is 3.21. The van der Waals surface area contributed by atoms with Gasteiger partial charge < -0.3 is 9.69 Å². The molecular weight excluding hydrogens is 417 g/mol. The highest BCUT2D eigenvalue weighted by molar-refractivity contribution is 5.82. The van der Waals surface area contributed by atoms with Gasteiger partial charge in [-0.25, -0.2) is 14.4 Å². The van der Waals surface area contributed by atoms with Gasteiger partial charge in [0.1, 0.15) is 23.2 Å². The fourth-order valence-corrected chi connectivity index (χ4v) is 3.96. The zero-order chi connectivity index (χ0) is 23.2. The third kappa shape index (κ3) is 5.25. The molecule has 0 aliphatic carbocycles. The summed E-state index contributed by atoms with van der Waals surface area (Å²) in [4.78, 5) is 27.3. The van der Waals surface area contributed by atoms with E-state index in [0.717, 1.165) is 66.3 Å². The van der Waals surface area contributed by atoms with Crippen LogP contribution < -0.4 is 4.90 Å². The number of unbranched alkanes of at least 4 members (excludes halogenated alkanes) is 1. The van der Waals surface area contributed by atoms with Gasteiger partial charge in [-0.05, 0) is 68.7 Å². The first-order valence-electron chi connectivity index (χ1n) is 11.4. The Hall–Kier alpha value is -3.61. The van der Waals surface area contributed by atoms with Gasteiger partial charge in [0.25, 0.3) is 0 Å². The number of benzene rings is 1. The van der Waals surface area contributed by atoms with Crippen LogP contribution in [-0.4, -0.2) is 38.4 Å². The Morgan fingerprint density at radius 1 is 1.03 bits per heavy atom. The normalized spacial score (nSPS) is 11.1. The van der Waals surface area contributed by atoms with Crippen molar-refractivity contribution in [2.24, 2.45) is 0 Å². The van der Waals surface area contributed by atoms with E-state index in [1.54, 1.807) is 31.5 Å². The van der Waals surface area contributed by atoms with Crippen molar-refractivity contribution < 1.29 is 9.18 Å². The Balaban J connectivity index is 1.64. The van der Waals surface area contributed by atoms with E-state index >= 15 is 0 Å². The molecule has 0 aliphatic heterocycles. The first kappa shape index (κ1) is 22.6. The number of Topliss-reactive ketones (excluding diaryl/α,β-unsaturated/α-hetero) is 1. The molecule has 3 aromatic heterocycles. The van der Waals surface area contributed by atoms with Crippen molar-refractivity contribution in [3.05, 3.63) is 66.9 Å². The van der Waals surface area contributed by atoms with Crippen molar-refractivity contribution in [1.29, 1.82) is 0 Å². The Morgan fingerprint density at radius 3 is 2.55 bits per heavy atom. The average molecular weight is 446 g/mol. The van der Waals surface area contributed by atoms with E-state index in [1.165, 1.54) is 12.1 Å². The van der Waals surface area contributed by atoms with Gasteiger partial charge in [0, 0.05) is 43.2 Å². The molecule has 0 amide bonds. The molecule has 0 saturated carbocycles. The number of pyridine rings is 2. The van der Waals surface area contributed by atoms with Crippen molar-refractivity contribution in [2.75, 3.05) is 18.0 Å². The first-order valence-corrected chi connectivity index (χ1v) is 11.4. The minimum atomic E-state index is -0.284. The lowest BCUT2D eigenvalue weighted by Crippen LogP contribution is -2.26. The highest BCUT2D eigenvalue weighted by atomic mass is 19.1. The zero-order valence-corrected chi connectivity index (χ0v) is 19.0. The Morgan fingerprint density at radius 2 is 1.85 bits per heavy atom. The molecule has 33 heavy (non-hydrogen) atoms. The fraction of sp³-hybridized carbons (Fsp3) is 0.308. The van der Waals surface area contributed by atoms with Crippen LogP contribution in [-0.2, 0) is 4.79 Å². The lowest BCUT2D eigenvalue weighted by atomic mass is 10.2. The van der Waals surface area contributed by atoms with E-state index in [4.69, 9.17) is 9.97 Å². The van der Waals surface area contributed by atoms with Gasteiger partial charge >= 0.3 is 0 Å². The molecule has 6 nitrogen and oxygen atoms in total. The van der Waals surface area contributed by atoms with Crippen LogP contribution in [0.1, 0.15) is 39.5 Å². The summed E-state index contributed by atoms with van der Waals surface area (Å²) < 4.78 is 15.5. The summed E-state index contributed by atoms with van der Waals surface area (Å²) in [5.74, 6) is 1.59. The van der Waals surface area contributed by atoms with Gasteiger partial charge in [0.05, 0.1) is 17.2 Å². The highest BCUT2D eigenvalue weighted by Crippen LogP contribution is 2.29. The van der Waals surface area contributed by atoms with Crippen LogP contribution in [0.3, 0.4) is 0 Å². The van der Waals surface area contributed by atoms with Crippen LogP contribution in [0.5, 0.6) is 0 Å². The summed E-state index contributed by atoms with van der Waals surface area (Å²) in [6.07, 6.45) is 8.80. The number of rotatable bonds is 10. The predicted octanol–water partition coefficient (Wildman–Crippen LogP) is 5.60. The van der Waals surface area contributed by atoms with Crippen LogP contribution in [0.4, 0.5) is 10.2 Å². The molecule has 0 radical (unpaired) electrons. The molecule has 0 bridgehead atoms. The third-order valence-electron chi connectivity index (χ3n) is 5.57. The Kier molecular flexibility index (Phi) is 7.07. The van der Waals surface area contributed by atoms with E-state index in [0.29, 0.717) is 6.42 Å². The summed E-state index contributed by atoms with van der Waals surface area (Å²) >= 11 is 0. The van der Waals surface area contributed by atoms with E-state index in [-0.39, 0.29) is 11.6 Å². The number of halogens is 1. The minimum Gasteiger partial charge on any atom is -0.357 e. The SMILES string of the molecule is CCCN(CCCCC(C)=O)c1ccc(-c2nc3ccncc3n2-c2ccc(F)cc2)cn1. The molecule has 3 heterocycles. The Bertz CT molecular complexity index is 1220. The monoisotopic (exact) mass is 445 g/mol. The molecule has 0 unspecified atom stereocenters. The Labute approximate surface area is 193 Å². The van der Waals surface area contributed by atoms with Crippen molar-refractivity contribution in [3.63, 3.8) is 0 Å². The van der Waals surface area contributed by atoms with Crippen LogP contribution in [0.15, 0.2) is 61.1 Å². The van der Waals surface area contributed by atoms with Crippen molar-refractivity contribution >= 4 is 22.6 Å². The number of imidazole rings is 1. The largest absolute Gasteiger partial charge is 0.357 e. The van der Waals surface area contributed by atoms with E-state index < -0.39 is 0 Å². The minimum absolute atomic E-state index is 0.235. The number of hydrogen-bond donors (Lipinski definition) is 0. The predicted molar refractivity (Wildman–Crippen MR) is 129 cm³/mol. The molecule has 4 rings (SSSR count). The third-order valence-corrected chi connectivity index (χ3v) is 5.57. The summed E-state index contributed by atoms with van der Waals surface area (Å²) in [7, 11) is 0. The molecule has 1 aromatic carbocycles. The maximum Gasteiger partial charge on any atom is 0.147 e. The second kappa shape index (κ2) is 10.3. The molecule has 7 heteroatoms. The molecule has 170 valence electrons. The number of aromatic nitrogens is 4. The van der Waals surface area contributed by atoms with Crippen molar-refractivity contribution in [1.82, 2.24) is 19.5 Å². The van der Waals surface area contributed by atoms with E-state index in [2.05, 4.69) is 16.8 Å². The fourth-order valence-electron chi connectivity index (χ4n) is 3.96.